The zero-order valence-electron chi connectivity index (χ0n) is 11.6. The van der Waals surface area contributed by atoms with Gasteiger partial charge in [0.2, 0.25) is 5.89 Å². The molecule has 0 aliphatic carbocycles. The molecule has 0 bridgehead atoms. The number of aromatic nitrogens is 2. The Kier molecular flexibility index (Phi) is 4.45. The Labute approximate surface area is 133 Å². The van der Waals surface area contributed by atoms with Crippen LogP contribution in [0.15, 0.2) is 22.7 Å². The molecule has 1 fully saturated rings. The van der Waals surface area contributed by atoms with Crippen molar-refractivity contribution in [2.24, 2.45) is 0 Å². The molecule has 2 aromatic rings. The molecule has 112 valence electrons. The summed E-state index contributed by atoms with van der Waals surface area (Å²) in [6.07, 6.45) is 0.507. The van der Waals surface area contributed by atoms with Gasteiger partial charge in [-0.15, -0.1) is 0 Å². The molecule has 5 nitrogen and oxygen atoms in total. The van der Waals surface area contributed by atoms with Gasteiger partial charge in [0.1, 0.15) is 0 Å². The molecule has 0 spiro atoms. The molecule has 1 unspecified atom stereocenters. The highest BCUT2D eigenvalue weighted by Crippen LogP contribution is 2.24. The van der Waals surface area contributed by atoms with E-state index in [0.29, 0.717) is 28.2 Å². The molecular formula is C14H16Cl2N4O. The minimum absolute atomic E-state index is 0.150. The number of nitrogens with one attached hydrogen (secondary N) is 1. The fraction of sp³-hybridized carbons (Fsp3) is 0.429. The molecule has 0 saturated carbocycles. The summed E-state index contributed by atoms with van der Waals surface area (Å²) in [6.45, 7) is 2.78. The lowest BCUT2D eigenvalue weighted by Crippen LogP contribution is -2.44. The number of hydrogen-bond acceptors (Lipinski definition) is 5. The van der Waals surface area contributed by atoms with Gasteiger partial charge in [-0.25, -0.2) is 0 Å². The maximum absolute atomic E-state index is 6.17. The fourth-order valence-corrected chi connectivity index (χ4v) is 2.87. The number of likely N-dealkylation sites (N-methyl/N-ethyl adjacent to an activating group) is 1. The molecule has 7 heteroatoms. The van der Waals surface area contributed by atoms with Crippen molar-refractivity contribution >= 4 is 23.2 Å². The van der Waals surface area contributed by atoms with Gasteiger partial charge in [0.25, 0.3) is 0 Å². The molecule has 0 amide bonds. The quantitative estimate of drug-likeness (QED) is 0.939. The van der Waals surface area contributed by atoms with E-state index in [1.165, 1.54) is 0 Å². The second kappa shape index (κ2) is 6.32. The van der Waals surface area contributed by atoms with Gasteiger partial charge >= 0.3 is 0 Å². The summed E-state index contributed by atoms with van der Waals surface area (Å²) in [4.78, 5) is 6.71. The molecule has 2 heterocycles. The number of benzene rings is 1. The van der Waals surface area contributed by atoms with Gasteiger partial charge in [0, 0.05) is 29.7 Å². The second-order valence-electron chi connectivity index (χ2n) is 5.16. The van der Waals surface area contributed by atoms with Crippen molar-refractivity contribution in [1.82, 2.24) is 20.4 Å². The van der Waals surface area contributed by atoms with Gasteiger partial charge in [-0.2, -0.15) is 4.98 Å². The monoisotopic (exact) mass is 326 g/mol. The summed E-state index contributed by atoms with van der Waals surface area (Å²) >= 11 is 12.1. The van der Waals surface area contributed by atoms with E-state index in [1.807, 2.05) is 6.07 Å². The van der Waals surface area contributed by atoms with Crippen LogP contribution < -0.4 is 5.32 Å². The second-order valence-corrected chi connectivity index (χ2v) is 6.00. The van der Waals surface area contributed by atoms with E-state index in [1.54, 1.807) is 12.1 Å². The predicted molar refractivity (Wildman–Crippen MR) is 81.8 cm³/mol. The van der Waals surface area contributed by atoms with Crippen molar-refractivity contribution in [2.45, 2.75) is 12.5 Å². The number of hydrogen-bond donors (Lipinski definition) is 1. The van der Waals surface area contributed by atoms with E-state index in [4.69, 9.17) is 27.7 Å². The Morgan fingerprint density at radius 1 is 1.43 bits per heavy atom. The van der Waals surface area contributed by atoms with Gasteiger partial charge in [0.05, 0.1) is 12.5 Å². The van der Waals surface area contributed by atoms with E-state index in [2.05, 4.69) is 27.4 Å². The minimum atomic E-state index is 0.150. The van der Waals surface area contributed by atoms with Crippen LogP contribution in [0, 0.1) is 0 Å². The first-order valence-electron chi connectivity index (χ1n) is 6.81. The maximum atomic E-state index is 6.17. The molecule has 1 atom stereocenters. The average molecular weight is 327 g/mol. The van der Waals surface area contributed by atoms with Crippen LogP contribution in [-0.4, -0.2) is 41.7 Å². The van der Waals surface area contributed by atoms with Crippen molar-refractivity contribution in [1.29, 1.82) is 0 Å². The normalized spacial score (nSPS) is 19.9. The third kappa shape index (κ3) is 3.37. The van der Waals surface area contributed by atoms with Crippen LogP contribution in [0.3, 0.4) is 0 Å². The third-order valence-corrected chi connectivity index (χ3v) is 4.24. The molecule has 1 N–H and O–H groups in total. The van der Waals surface area contributed by atoms with Gasteiger partial charge in [-0.05, 0) is 24.7 Å². The van der Waals surface area contributed by atoms with Crippen LogP contribution in [-0.2, 0) is 6.42 Å². The summed E-state index contributed by atoms with van der Waals surface area (Å²) in [6, 6.07) is 5.55. The summed E-state index contributed by atoms with van der Waals surface area (Å²) in [7, 11) is 2.07. The SMILES string of the molecule is CN1CCNCC1c1noc(Cc2ccc(Cl)cc2Cl)n1. The maximum Gasteiger partial charge on any atom is 0.231 e. The first-order chi connectivity index (χ1) is 10.1. The highest BCUT2D eigenvalue weighted by atomic mass is 35.5. The number of rotatable bonds is 3. The Bertz CT molecular complexity index is 631. The minimum Gasteiger partial charge on any atom is -0.339 e. The van der Waals surface area contributed by atoms with Crippen molar-refractivity contribution < 1.29 is 4.52 Å². The summed E-state index contributed by atoms with van der Waals surface area (Å²) in [5.41, 5.74) is 0.923. The zero-order valence-corrected chi connectivity index (χ0v) is 13.2. The lowest BCUT2D eigenvalue weighted by molar-refractivity contribution is 0.190. The van der Waals surface area contributed by atoms with Crippen molar-refractivity contribution in [2.75, 3.05) is 26.7 Å². The molecule has 1 aliphatic rings. The van der Waals surface area contributed by atoms with E-state index in [-0.39, 0.29) is 6.04 Å². The molecule has 1 aliphatic heterocycles. The van der Waals surface area contributed by atoms with Crippen LogP contribution in [0.25, 0.3) is 0 Å². The molecule has 1 aromatic carbocycles. The average Bonchev–Trinajstić information content (AvgIpc) is 2.91. The smallest absolute Gasteiger partial charge is 0.231 e. The van der Waals surface area contributed by atoms with Crippen LogP contribution in [0.5, 0.6) is 0 Å². The Morgan fingerprint density at radius 3 is 3.05 bits per heavy atom. The van der Waals surface area contributed by atoms with E-state index < -0.39 is 0 Å². The van der Waals surface area contributed by atoms with Crippen molar-refractivity contribution in [3.05, 3.63) is 45.5 Å². The predicted octanol–water partition coefficient (Wildman–Crippen LogP) is 2.54. The first kappa shape index (κ1) is 14.8. The Morgan fingerprint density at radius 2 is 2.29 bits per heavy atom. The lowest BCUT2D eigenvalue weighted by atomic mass is 10.1. The van der Waals surface area contributed by atoms with Gasteiger partial charge < -0.3 is 9.84 Å². The molecule has 21 heavy (non-hydrogen) atoms. The van der Waals surface area contributed by atoms with E-state index >= 15 is 0 Å². The van der Waals surface area contributed by atoms with Crippen LogP contribution in [0.1, 0.15) is 23.3 Å². The van der Waals surface area contributed by atoms with Gasteiger partial charge in [-0.1, -0.05) is 34.4 Å². The van der Waals surface area contributed by atoms with Crippen LogP contribution >= 0.6 is 23.2 Å². The molecule has 1 saturated heterocycles. The zero-order chi connectivity index (χ0) is 14.8. The van der Waals surface area contributed by atoms with Crippen molar-refractivity contribution in [3.8, 4) is 0 Å². The molecule has 0 radical (unpaired) electrons. The highest BCUT2D eigenvalue weighted by Gasteiger charge is 2.25. The highest BCUT2D eigenvalue weighted by molar-refractivity contribution is 6.35. The number of nitrogens with zero attached hydrogens (tertiary/aromatic N) is 3. The topological polar surface area (TPSA) is 54.2 Å². The van der Waals surface area contributed by atoms with Crippen molar-refractivity contribution in [3.63, 3.8) is 0 Å². The largest absolute Gasteiger partial charge is 0.339 e. The van der Waals surface area contributed by atoms with Gasteiger partial charge in [0.15, 0.2) is 5.82 Å². The molecule has 3 rings (SSSR count). The number of halogens is 2. The number of piperazine rings is 1. The first-order valence-corrected chi connectivity index (χ1v) is 7.56. The van der Waals surface area contributed by atoms with E-state index in [9.17, 15) is 0 Å². The Balaban J connectivity index is 1.75. The Hall–Kier alpha value is -1.14. The van der Waals surface area contributed by atoms with Crippen LogP contribution in [0.4, 0.5) is 0 Å². The molecular weight excluding hydrogens is 311 g/mol. The summed E-state index contributed by atoms with van der Waals surface area (Å²) < 4.78 is 5.35. The lowest BCUT2D eigenvalue weighted by Gasteiger charge is -2.30. The standard InChI is InChI=1S/C14H16Cl2N4O/c1-20-5-4-17-8-12(20)14-18-13(21-19-14)6-9-2-3-10(15)7-11(9)16/h2-3,7,12,17H,4-6,8H2,1H3. The fourth-order valence-electron chi connectivity index (χ4n) is 2.40. The third-order valence-electron chi connectivity index (χ3n) is 3.65. The molecule has 1 aromatic heterocycles. The van der Waals surface area contributed by atoms with Gasteiger partial charge in [-0.3, -0.25) is 4.90 Å². The summed E-state index contributed by atoms with van der Waals surface area (Å²) in [5.74, 6) is 1.28. The van der Waals surface area contributed by atoms with E-state index in [0.717, 1.165) is 25.2 Å². The summed E-state index contributed by atoms with van der Waals surface area (Å²) in [5, 5.41) is 8.66. The van der Waals surface area contributed by atoms with Crippen LogP contribution in [0.2, 0.25) is 10.0 Å².